The molecule has 1 rings (SSSR count). The van der Waals surface area contributed by atoms with E-state index >= 15 is 0 Å². The number of carbonyl (C=O) groups is 2. The number of aryl methyl sites for hydroxylation is 1. The second-order valence-electron chi connectivity index (χ2n) is 4.99. The fourth-order valence-corrected chi connectivity index (χ4v) is 2.11. The topological polar surface area (TPSA) is 77.4 Å². The lowest BCUT2D eigenvalue weighted by atomic mass is 10.1. The van der Waals surface area contributed by atoms with Crippen LogP contribution in [0.25, 0.3) is 0 Å². The Morgan fingerprint density at radius 2 is 2.05 bits per heavy atom. The van der Waals surface area contributed by atoms with Gasteiger partial charge in [-0.15, -0.1) is 0 Å². The number of aromatic nitrogens is 1. The summed E-state index contributed by atoms with van der Waals surface area (Å²) in [5.41, 5.74) is 0.704. The lowest BCUT2D eigenvalue weighted by molar-refractivity contribution is -0.149. The fraction of sp³-hybridized carbons (Fsp3) is 0.615. The van der Waals surface area contributed by atoms with Crippen LogP contribution in [0.1, 0.15) is 26.5 Å². The van der Waals surface area contributed by atoms with Crippen LogP contribution in [-0.4, -0.2) is 29.1 Å². The number of thiazole rings is 1. The molecule has 1 aromatic rings. The smallest absolute Gasteiger partial charge is 0.326 e. The third-order valence-corrected chi connectivity index (χ3v) is 3.90. The van der Waals surface area contributed by atoms with Crippen molar-refractivity contribution in [1.82, 2.24) is 9.88 Å². The Kier molecular flexibility index (Phi) is 5.94. The first-order valence-electron chi connectivity index (χ1n) is 6.41. The third-order valence-electron chi connectivity index (χ3n) is 3.02. The van der Waals surface area contributed by atoms with Crippen molar-refractivity contribution in [1.29, 1.82) is 0 Å². The molecule has 6 nitrogen and oxygen atoms in total. The summed E-state index contributed by atoms with van der Waals surface area (Å²) in [4.78, 5) is 34.3. The van der Waals surface area contributed by atoms with E-state index in [0.29, 0.717) is 11.6 Å². The Hall–Kier alpha value is -1.63. The van der Waals surface area contributed by atoms with E-state index < -0.39 is 5.97 Å². The molecule has 0 aromatic carbocycles. The Balaban J connectivity index is 2.41. The van der Waals surface area contributed by atoms with Crippen LogP contribution in [0.5, 0.6) is 0 Å². The van der Waals surface area contributed by atoms with Gasteiger partial charge in [-0.25, -0.2) is 0 Å². The van der Waals surface area contributed by atoms with E-state index in [4.69, 9.17) is 4.74 Å². The highest BCUT2D eigenvalue weighted by Gasteiger charge is 2.14. The van der Waals surface area contributed by atoms with Crippen LogP contribution >= 0.6 is 11.3 Å². The Morgan fingerprint density at radius 1 is 1.40 bits per heavy atom. The summed E-state index contributed by atoms with van der Waals surface area (Å²) >= 11 is 1.03. The zero-order chi connectivity index (χ0) is 15.3. The number of carbonyl (C=O) groups excluding carboxylic acids is 2. The zero-order valence-corrected chi connectivity index (χ0v) is 13.0. The Morgan fingerprint density at radius 3 is 2.55 bits per heavy atom. The molecule has 0 radical (unpaired) electrons. The van der Waals surface area contributed by atoms with E-state index in [2.05, 4.69) is 5.32 Å². The molecule has 0 aliphatic rings. The highest BCUT2D eigenvalue weighted by atomic mass is 32.1. The van der Waals surface area contributed by atoms with E-state index in [-0.39, 0.29) is 30.0 Å². The van der Waals surface area contributed by atoms with Gasteiger partial charge in [0.25, 0.3) is 5.91 Å². The maximum atomic E-state index is 11.6. The molecule has 1 aromatic heterocycles. The first-order chi connectivity index (χ1) is 9.31. The number of hydrogen-bond acceptors (Lipinski definition) is 5. The van der Waals surface area contributed by atoms with Crippen LogP contribution < -0.4 is 10.2 Å². The molecule has 0 bridgehead atoms. The maximum absolute atomic E-state index is 11.6. The van der Waals surface area contributed by atoms with E-state index in [9.17, 15) is 14.4 Å². The lowest BCUT2D eigenvalue weighted by Gasteiger charge is -2.17. The SMILES string of the molecule is Cc1csc(=O)n1CC(=O)OCC(=O)N[C@@H](C)C(C)C. The second kappa shape index (κ2) is 7.23. The van der Waals surface area contributed by atoms with Crippen LogP contribution in [0.3, 0.4) is 0 Å². The summed E-state index contributed by atoms with van der Waals surface area (Å²) in [5, 5.41) is 4.41. The Labute approximate surface area is 121 Å². The van der Waals surface area contributed by atoms with Gasteiger partial charge in [0.1, 0.15) is 6.54 Å². The van der Waals surface area contributed by atoms with Gasteiger partial charge in [0.15, 0.2) is 6.61 Å². The first kappa shape index (κ1) is 16.4. The normalized spacial score (nSPS) is 12.2. The van der Waals surface area contributed by atoms with Gasteiger partial charge in [-0.05, 0) is 19.8 Å². The monoisotopic (exact) mass is 300 g/mol. The molecule has 0 aliphatic heterocycles. The van der Waals surface area contributed by atoms with E-state index in [0.717, 1.165) is 11.3 Å². The fourth-order valence-electron chi connectivity index (χ4n) is 1.38. The van der Waals surface area contributed by atoms with Gasteiger partial charge in [-0.1, -0.05) is 25.2 Å². The highest BCUT2D eigenvalue weighted by molar-refractivity contribution is 7.07. The minimum Gasteiger partial charge on any atom is -0.454 e. The van der Waals surface area contributed by atoms with E-state index in [1.165, 1.54) is 4.57 Å². The summed E-state index contributed by atoms with van der Waals surface area (Å²) in [6.45, 7) is 7.11. The second-order valence-corrected chi connectivity index (χ2v) is 5.81. The van der Waals surface area contributed by atoms with Crippen LogP contribution in [0, 0.1) is 12.8 Å². The number of nitrogens with zero attached hydrogens (tertiary/aromatic N) is 1. The van der Waals surface area contributed by atoms with Crippen molar-refractivity contribution >= 4 is 23.2 Å². The quantitative estimate of drug-likeness (QED) is 0.793. The predicted octanol–water partition coefficient (Wildman–Crippen LogP) is 0.922. The average molecular weight is 300 g/mol. The van der Waals surface area contributed by atoms with Gasteiger partial charge in [0.05, 0.1) is 0 Å². The molecule has 0 fully saturated rings. The van der Waals surface area contributed by atoms with Crippen molar-refractivity contribution < 1.29 is 14.3 Å². The number of nitrogens with one attached hydrogen (secondary N) is 1. The zero-order valence-electron chi connectivity index (χ0n) is 12.1. The van der Waals surface area contributed by atoms with Crippen LogP contribution in [0.2, 0.25) is 0 Å². The van der Waals surface area contributed by atoms with Crippen molar-refractivity contribution in [3.8, 4) is 0 Å². The number of esters is 1. The molecule has 7 heteroatoms. The van der Waals surface area contributed by atoms with Crippen molar-refractivity contribution in [2.45, 2.75) is 40.3 Å². The minimum absolute atomic E-state index is 0.0166. The molecule has 112 valence electrons. The Bertz CT molecular complexity index is 533. The van der Waals surface area contributed by atoms with Gasteiger partial charge >= 0.3 is 10.8 Å². The summed E-state index contributed by atoms with van der Waals surface area (Å²) in [6, 6.07) is 0.0166. The number of ether oxygens (including phenoxy) is 1. The maximum Gasteiger partial charge on any atom is 0.326 e. The molecule has 0 saturated carbocycles. The van der Waals surface area contributed by atoms with Gasteiger partial charge in [0.2, 0.25) is 0 Å². The van der Waals surface area contributed by atoms with Crippen molar-refractivity contribution in [2.24, 2.45) is 5.92 Å². The van der Waals surface area contributed by atoms with Crippen molar-refractivity contribution in [3.05, 3.63) is 20.7 Å². The molecule has 0 spiro atoms. The molecule has 1 amide bonds. The van der Waals surface area contributed by atoms with Crippen molar-refractivity contribution in [2.75, 3.05) is 6.61 Å². The minimum atomic E-state index is -0.596. The molecule has 1 atom stereocenters. The van der Waals surface area contributed by atoms with E-state index in [1.54, 1.807) is 12.3 Å². The van der Waals surface area contributed by atoms with Gasteiger partial charge in [-0.3, -0.25) is 19.0 Å². The van der Waals surface area contributed by atoms with Crippen molar-refractivity contribution in [3.63, 3.8) is 0 Å². The molecule has 0 saturated heterocycles. The van der Waals surface area contributed by atoms with Crippen LogP contribution in [-0.2, 0) is 20.9 Å². The largest absolute Gasteiger partial charge is 0.454 e. The molecule has 1 N–H and O–H groups in total. The summed E-state index contributed by atoms with van der Waals surface area (Å²) < 4.78 is 6.18. The predicted molar refractivity (Wildman–Crippen MR) is 76.7 cm³/mol. The third kappa shape index (κ3) is 4.80. The number of rotatable bonds is 6. The number of amides is 1. The van der Waals surface area contributed by atoms with Gasteiger partial charge < -0.3 is 10.1 Å². The molecule has 1 heterocycles. The summed E-state index contributed by atoms with van der Waals surface area (Å²) in [5.74, 6) is -0.628. The van der Waals surface area contributed by atoms with Gasteiger partial charge in [0, 0.05) is 17.1 Å². The van der Waals surface area contributed by atoms with E-state index in [1.807, 2.05) is 20.8 Å². The highest BCUT2D eigenvalue weighted by Crippen LogP contribution is 2.01. The molecule has 20 heavy (non-hydrogen) atoms. The molecule has 0 aliphatic carbocycles. The first-order valence-corrected chi connectivity index (χ1v) is 7.29. The summed E-state index contributed by atoms with van der Waals surface area (Å²) in [7, 11) is 0. The number of hydrogen-bond donors (Lipinski definition) is 1. The summed E-state index contributed by atoms with van der Waals surface area (Å²) in [6.07, 6.45) is 0. The lowest BCUT2D eigenvalue weighted by Crippen LogP contribution is -2.39. The van der Waals surface area contributed by atoms with Gasteiger partial charge in [-0.2, -0.15) is 0 Å². The molecule has 0 unspecified atom stereocenters. The van der Waals surface area contributed by atoms with Crippen LogP contribution in [0.4, 0.5) is 0 Å². The molecular weight excluding hydrogens is 280 g/mol. The average Bonchev–Trinajstić information content (AvgIpc) is 2.68. The molecular formula is C13H20N2O4S. The van der Waals surface area contributed by atoms with Crippen LogP contribution in [0.15, 0.2) is 10.2 Å². The standard InChI is InChI=1S/C13H20N2O4S/c1-8(2)10(4)14-11(16)6-19-12(17)5-15-9(3)7-20-13(15)18/h7-8,10H,5-6H2,1-4H3,(H,14,16)/t10-/m0/s1.